The van der Waals surface area contributed by atoms with E-state index in [4.69, 9.17) is 4.74 Å². The Labute approximate surface area is 134 Å². The lowest BCUT2D eigenvalue weighted by Gasteiger charge is -2.05. The van der Waals surface area contributed by atoms with Gasteiger partial charge < -0.3 is 10.1 Å². The molecule has 1 N–H and O–H groups in total. The van der Waals surface area contributed by atoms with E-state index in [1.54, 1.807) is 12.1 Å². The number of ether oxygens (including phenoxy) is 1. The molecule has 0 spiro atoms. The summed E-state index contributed by atoms with van der Waals surface area (Å²) in [5, 5.41) is 2.59. The second kappa shape index (κ2) is 7.89. The largest absolute Gasteiger partial charge is 0.389 e. The van der Waals surface area contributed by atoms with Crippen molar-refractivity contribution in [2.24, 2.45) is 0 Å². The normalized spacial score (nSPS) is 9.96. The predicted molar refractivity (Wildman–Crippen MR) is 85.9 cm³/mol. The van der Waals surface area contributed by atoms with E-state index < -0.39 is 11.9 Å². The van der Waals surface area contributed by atoms with Crippen molar-refractivity contribution in [1.82, 2.24) is 0 Å². The summed E-state index contributed by atoms with van der Waals surface area (Å²) in [4.78, 5) is 34.5. The van der Waals surface area contributed by atoms with Crippen LogP contribution in [0.3, 0.4) is 0 Å². The zero-order valence-electron chi connectivity index (χ0n) is 12.7. The molecule has 0 radical (unpaired) electrons. The summed E-state index contributed by atoms with van der Waals surface area (Å²) < 4.78 is 4.81. The Morgan fingerprint density at radius 3 is 2.22 bits per heavy atom. The summed E-state index contributed by atoms with van der Waals surface area (Å²) in [5.74, 6) is -1.46. The number of anilines is 1. The zero-order chi connectivity index (χ0) is 16.7. The molecule has 23 heavy (non-hydrogen) atoms. The highest BCUT2D eigenvalue weighted by Crippen LogP contribution is 2.11. The van der Waals surface area contributed by atoms with E-state index in [1.807, 2.05) is 30.3 Å². The van der Waals surface area contributed by atoms with Crippen LogP contribution in [0.1, 0.15) is 29.3 Å². The molecule has 0 atom stereocenters. The van der Waals surface area contributed by atoms with E-state index in [9.17, 15) is 14.4 Å². The van der Waals surface area contributed by atoms with Gasteiger partial charge in [0, 0.05) is 12.6 Å². The Bertz CT molecular complexity index is 693. The quantitative estimate of drug-likeness (QED) is 0.680. The van der Waals surface area contributed by atoms with Gasteiger partial charge in [0.05, 0.1) is 12.0 Å². The molecule has 5 nitrogen and oxygen atoms in total. The molecule has 0 saturated carbocycles. The zero-order valence-corrected chi connectivity index (χ0v) is 12.7. The van der Waals surface area contributed by atoms with Crippen LogP contribution >= 0.6 is 0 Å². The minimum Gasteiger partial charge on any atom is -0.389 e. The van der Waals surface area contributed by atoms with Crippen molar-refractivity contribution in [3.8, 4) is 0 Å². The van der Waals surface area contributed by atoms with Gasteiger partial charge in [-0.05, 0) is 36.2 Å². The maximum atomic E-state index is 11.9. The summed E-state index contributed by atoms with van der Waals surface area (Å²) in [7, 11) is 0. The lowest BCUT2D eigenvalue weighted by molar-refractivity contribution is -0.137. The Morgan fingerprint density at radius 2 is 1.61 bits per heavy atom. The average Bonchev–Trinajstić information content (AvgIpc) is 2.54. The third-order valence-corrected chi connectivity index (χ3v) is 3.11. The van der Waals surface area contributed by atoms with Crippen molar-refractivity contribution in [2.45, 2.75) is 19.8 Å². The highest BCUT2D eigenvalue weighted by molar-refractivity contribution is 5.97. The first kappa shape index (κ1) is 16.4. The number of carbonyl (C=O) groups excluding carboxylic acids is 3. The van der Waals surface area contributed by atoms with E-state index in [2.05, 4.69) is 5.32 Å². The van der Waals surface area contributed by atoms with Gasteiger partial charge in [-0.3, -0.25) is 9.59 Å². The van der Waals surface area contributed by atoms with E-state index in [-0.39, 0.29) is 17.9 Å². The molecule has 118 valence electrons. The van der Waals surface area contributed by atoms with Gasteiger partial charge in [-0.2, -0.15) is 0 Å². The highest BCUT2D eigenvalue weighted by Gasteiger charge is 2.13. The molecule has 0 bridgehead atoms. The molecule has 0 aromatic heterocycles. The maximum Gasteiger partial charge on any atom is 0.345 e. The number of hydrogen-bond donors (Lipinski definition) is 1. The number of hydrogen-bond acceptors (Lipinski definition) is 4. The summed E-state index contributed by atoms with van der Waals surface area (Å²) in [6.07, 6.45) is 0.661. The lowest BCUT2D eigenvalue weighted by atomic mass is 10.1. The minimum absolute atomic E-state index is 0.139. The van der Waals surface area contributed by atoms with E-state index in [1.165, 1.54) is 19.1 Å². The fourth-order valence-corrected chi connectivity index (χ4v) is 2.00. The van der Waals surface area contributed by atoms with Gasteiger partial charge >= 0.3 is 11.9 Å². The number of esters is 2. The van der Waals surface area contributed by atoms with Crippen molar-refractivity contribution in [3.63, 3.8) is 0 Å². The standard InChI is InChI=1S/C18H17NO4/c1-13(20)19-16-10-8-15(9-11-16)18(22)23-17(21)12-7-14-5-3-2-4-6-14/h2-6,8-11H,7,12H2,1H3,(H,19,20). The van der Waals surface area contributed by atoms with Crippen LogP contribution in [0.25, 0.3) is 0 Å². The van der Waals surface area contributed by atoms with Crippen molar-refractivity contribution in [3.05, 3.63) is 65.7 Å². The molecule has 2 aromatic rings. The summed E-state index contributed by atoms with van der Waals surface area (Å²) >= 11 is 0. The molecular formula is C18H17NO4. The van der Waals surface area contributed by atoms with Crippen LogP contribution in [-0.2, 0) is 20.7 Å². The first-order valence-electron chi connectivity index (χ1n) is 7.21. The number of rotatable bonds is 5. The van der Waals surface area contributed by atoms with Crippen LogP contribution in [0.4, 0.5) is 5.69 Å². The molecule has 5 heteroatoms. The molecule has 0 saturated heterocycles. The van der Waals surface area contributed by atoms with Gasteiger partial charge in [-0.25, -0.2) is 4.79 Å². The monoisotopic (exact) mass is 311 g/mol. The third kappa shape index (κ3) is 5.39. The number of amides is 1. The smallest absolute Gasteiger partial charge is 0.345 e. The lowest BCUT2D eigenvalue weighted by Crippen LogP contribution is -2.13. The Hall–Kier alpha value is -2.95. The van der Waals surface area contributed by atoms with Crippen molar-refractivity contribution < 1.29 is 19.1 Å². The van der Waals surface area contributed by atoms with Gasteiger partial charge in [0.15, 0.2) is 0 Å². The Balaban J connectivity index is 1.85. The van der Waals surface area contributed by atoms with Crippen LogP contribution in [0, 0.1) is 0 Å². The molecule has 0 aliphatic rings. The molecule has 0 aliphatic heterocycles. The predicted octanol–water partition coefficient (Wildman–Crippen LogP) is 2.96. The highest BCUT2D eigenvalue weighted by atomic mass is 16.6. The van der Waals surface area contributed by atoms with E-state index >= 15 is 0 Å². The number of nitrogens with one attached hydrogen (secondary N) is 1. The topological polar surface area (TPSA) is 72.5 Å². The summed E-state index contributed by atoms with van der Waals surface area (Å²) in [6, 6.07) is 15.7. The van der Waals surface area contributed by atoms with Crippen molar-refractivity contribution in [2.75, 3.05) is 5.32 Å². The molecule has 2 aromatic carbocycles. The molecule has 0 fully saturated rings. The van der Waals surface area contributed by atoms with Gasteiger partial charge in [-0.1, -0.05) is 30.3 Å². The number of carbonyl (C=O) groups is 3. The third-order valence-electron chi connectivity index (χ3n) is 3.11. The minimum atomic E-state index is -0.697. The number of aryl methyl sites for hydroxylation is 1. The van der Waals surface area contributed by atoms with Crippen LogP contribution in [0.15, 0.2) is 54.6 Å². The first-order valence-corrected chi connectivity index (χ1v) is 7.21. The fourth-order valence-electron chi connectivity index (χ4n) is 2.00. The molecule has 0 unspecified atom stereocenters. The molecule has 1 amide bonds. The van der Waals surface area contributed by atoms with Crippen LogP contribution in [-0.4, -0.2) is 17.8 Å². The van der Waals surface area contributed by atoms with Crippen LogP contribution in [0.2, 0.25) is 0 Å². The van der Waals surface area contributed by atoms with Crippen molar-refractivity contribution in [1.29, 1.82) is 0 Å². The van der Waals surface area contributed by atoms with Crippen LogP contribution < -0.4 is 5.32 Å². The van der Waals surface area contributed by atoms with E-state index in [0.717, 1.165) is 5.56 Å². The molecular weight excluding hydrogens is 294 g/mol. The Morgan fingerprint density at radius 1 is 0.957 bits per heavy atom. The summed E-state index contributed by atoms with van der Waals surface area (Å²) in [5.41, 5.74) is 1.84. The second-order valence-corrected chi connectivity index (χ2v) is 5.01. The van der Waals surface area contributed by atoms with Gasteiger partial charge in [0.25, 0.3) is 0 Å². The van der Waals surface area contributed by atoms with Crippen LogP contribution in [0.5, 0.6) is 0 Å². The average molecular weight is 311 g/mol. The van der Waals surface area contributed by atoms with Gasteiger partial charge in [0.2, 0.25) is 5.91 Å². The summed E-state index contributed by atoms with van der Waals surface area (Å²) in [6.45, 7) is 1.40. The Kier molecular flexibility index (Phi) is 5.63. The van der Waals surface area contributed by atoms with Crippen molar-refractivity contribution >= 4 is 23.5 Å². The molecule has 2 rings (SSSR count). The molecule has 0 heterocycles. The SMILES string of the molecule is CC(=O)Nc1ccc(C(=O)OC(=O)CCc2ccccc2)cc1. The van der Waals surface area contributed by atoms with Gasteiger partial charge in [-0.15, -0.1) is 0 Å². The van der Waals surface area contributed by atoms with E-state index in [0.29, 0.717) is 12.1 Å². The maximum absolute atomic E-state index is 11.9. The molecule has 0 aliphatic carbocycles. The fraction of sp³-hybridized carbons (Fsp3) is 0.167. The first-order chi connectivity index (χ1) is 11.0. The second-order valence-electron chi connectivity index (χ2n) is 5.01. The number of benzene rings is 2. The van der Waals surface area contributed by atoms with Gasteiger partial charge in [0.1, 0.15) is 0 Å².